The van der Waals surface area contributed by atoms with Crippen molar-refractivity contribution in [1.82, 2.24) is 14.2 Å². The van der Waals surface area contributed by atoms with Crippen molar-refractivity contribution in [2.24, 2.45) is 0 Å². The number of hydrogen-bond acceptors (Lipinski definition) is 5. The van der Waals surface area contributed by atoms with E-state index in [-0.39, 0.29) is 22.6 Å². The van der Waals surface area contributed by atoms with Crippen LogP contribution < -0.4 is 0 Å². The van der Waals surface area contributed by atoms with Gasteiger partial charge >= 0.3 is 6.09 Å². The number of hydrogen-bond donors (Lipinski definition) is 0. The fourth-order valence-corrected chi connectivity index (χ4v) is 5.67. The Labute approximate surface area is 159 Å². The molecule has 0 unspecified atom stereocenters. The number of aromatic nitrogens is 1. The number of benzene rings is 1. The maximum atomic E-state index is 13.2. The Morgan fingerprint density at radius 3 is 2.52 bits per heavy atom. The van der Waals surface area contributed by atoms with Crippen molar-refractivity contribution in [1.29, 1.82) is 0 Å². The van der Waals surface area contributed by atoms with Gasteiger partial charge in [0.05, 0.1) is 11.1 Å². The number of piperidine rings is 1. The molecule has 1 aromatic carbocycles. The lowest BCUT2D eigenvalue weighted by molar-refractivity contribution is 0.104. The molecule has 27 heavy (non-hydrogen) atoms. The molecule has 144 valence electrons. The lowest BCUT2D eigenvalue weighted by Gasteiger charge is -2.40. The Morgan fingerprint density at radius 1 is 1.15 bits per heavy atom. The number of carbonyl (C=O) groups is 1. The average molecular weight is 389 g/mol. The summed E-state index contributed by atoms with van der Waals surface area (Å²) in [6.45, 7) is 5.06. The molecule has 2 fully saturated rings. The first-order chi connectivity index (χ1) is 12.8. The van der Waals surface area contributed by atoms with Crippen LogP contribution in [0.2, 0.25) is 0 Å². The number of nitrogens with zero attached hydrogens (tertiary/aromatic N) is 3. The monoisotopic (exact) mass is 389 g/mol. The predicted molar refractivity (Wildman–Crippen MR) is 101 cm³/mol. The van der Waals surface area contributed by atoms with Crippen LogP contribution in [0.25, 0.3) is 10.9 Å². The summed E-state index contributed by atoms with van der Waals surface area (Å²) in [5, 5.41) is 0.801. The molecule has 0 atom stereocenters. The van der Waals surface area contributed by atoms with Crippen molar-refractivity contribution < 1.29 is 17.9 Å². The number of rotatable bonds is 3. The first kappa shape index (κ1) is 18.2. The van der Waals surface area contributed by atoms with Crippen LogP contribution in [0.5, 0.6) is 0 Å². The zero-order valence-corrected chi connectivity index (χ0v) is 16.3. The van der Waals surface area contributed by atoms with E-state index < -0.39 is 10.0 Å². The minimum atomic E-state index is -3.64. The van der Waals surface area contributed by atoms with Gasteiger partial charge in [0.1, 0.15) is 11.5 Å². The molecule has 0 aliphatic carbocycles. The molecule has 2 aliphatic heterocycles. The Bertz CT molecular complexity index is 976. The molecule has 0 saturated carbocycles. The van der Waals surface area contributed by atoms with Crippen LogP contribution in [-0.4, -0.2) is 60.0 Å². The number of amides is 1. The van der Waals surface area contributed by atoms with Gasteiger partial charge in [-0.1, -0.05) is 18.2 Å². The van der Waals surface area contributed by atoms with Gasteiger partial charge < -0.3 is 4.74 Å². The van der Waals surface area contributed by atoms with Gasteiger partial charge in [0.25, 0.3) is 0 Å². The molecule has 0 spiro atoms. The van der Waals surface area contributed by atoms with Crippen molar-refractivity contribution in [2.75, 3.05) is 19.7 Å². The molecular weight excluding hydrogens is 366 g/mol. The quantitative estimate of drug-likeness (QED) is 0.806. The van der Waals surface area contributed by atoms with E-state index in [1.165, 1.54) is 4.31 Å². The van der Waals surface area contributed by atoms with E-state index in [2.05, 4.69) is 4.98 Å². The van der Waals surface area contributed by atoms with Gasteiger partial charge in [-0.15, -0.1) is 0 Å². The molecule has 2 saturated heterocycles. The smallest absolute Gasteiger partial charge is 0.410 e. The SMILES string of the molecule is CC1(C)COC(=O)N1C1CCN(S(=O)(=O)c2cccc3cccnc23)CC1. The zero-order chi connectivity index (χ0) is 19.2. The normalized spacial score (nSPS) is 21.6. The summed E-state index contributed by atoms with van der Waals surface area (Å²) >= 11 is 0. The largest absolute Gasteiger partial charge is 0.447 e. The summed E-state index contributed by atoms with van der Waals surface area (Å²) < 4.78 is 33.1. The maximum absolute atomic E-state index is 13.2. The van der Waals surface area contributed by atoms with E-state index in [0.29, 0.717) is 38.1 Å². The van der Waals surface area contributed by atoms with Gasteiger partial charge in [-0.05, 0) is 38.8 Å². The Balaban J connectivity index is 1.56. The van der Waals surface area contributed by atoms with Gasteiger partial charge in [0.15, 0.2) is 0 Å². The second-order valence-corrected chi connectivity index (χ2v) is 9.61. The van der Waals surface area contributed by atoms with Crippen molar-refractivity contribution in [3.05, 3.63) is 36.5 Å². The second kappa shape index (κ2) is 6.45. The number of sulfonamides is 1. The van der Waals surface area contributed by atoms with Crippen LogP contribution in [-0.2, 0) is 14.8 Å². The number of para-hydroxylation sites is 1. The van der Waals surface area contributed by atoms with E-state index in [9.17, 15) is 13.2 Å². The second-order valence-electron chi connectivity index (χ2n) is 7.70. The van der Waals surface area contributed by atoms with E-state index in [0.717, 1.165) is 5.39 Å². The molecule has 8 heteroatoms. The molecule has 0 radical (unpaired) electrons. The van der Waals surface area contributed by atoms with Gasteiger partial charge in [0.2, 0.25) is 10.0 Å². The summed E-state index contributed by atoms with van der Waals surface area (Å²) in [5.74, 6) is 0. The van der Waals surface area contributed by atoms with Gasteiger partial charge in [-0.2, -0.15) is 4.31 Å². The summed E-state index contributed by atoms with van der Waals surface area (Å²) in [6.07, 6.45) is 2.49. The molecule has 4 rings (SSSR count). The summed E-state index contributed by atoms with van der Waals surface area (Å²) in [5.41, 5.74) is 0.133. The minimum absolute atomic E-state index is 0.00732. The summed E-state index contributed by atoms with van der Waals surface area (Å²) in [4.78, 5) is 18.4. The van der Waals surface area contributed by atoms with Crippen LogP contribution in [0, 0.1) is 0 Å². The third-order valence-corrected chi connectivity index (χ3v) is 7.33. The highest BCUT2D eigenvalue weighted by Gasteiger charge is 2.45. The lowest BCUT2D eigenvalue weighted by Crippen LogP contribution is -2.53. The number of carbonyl (C=O) groups excluding carboxylic acids is 1. The summed E-state index contributed by atoms with van der Waals surface area (Å²) in [6, 6.07) is 8.85. The third kappa shape index (κ3) is 3.06. The highest BCUT2D eigenvalue weighted by Crippen LogP contribution is 2.32. The van der Waals surface area contributed by atoms with Crippen LogP contribution in [0.4, 0.5) is 4.79 Å². The first-order valence-corrected chi connectivity index (χ1v) is 10.5. The Hall–Kier alpha value is -2.19. The lowest BCUT2D eigenvalue weighted by atomic mass is 9.98. The molecule has 1 aromatic heterocycles. The first-order valence-electron chi connectivity index (χ1n) is 9.11. The minimum Gasteiger partial charge on any atom is -0.447 e. The van der Waals surface area contributed by atoms with Gasteiger partial charge in [0, 0.05) is 30.7 Å². The topological polar surface area (TPSA) is 79.8 Å². The van der Waals surface area contributed by atoms with Crippen molar-refractivity contribution >= 4 is 27.0 Å². The number of pyridine rings is 1. The molecule has 3 heterocycles. The van der Waals surface area contributed by atoms with Crippen molar-refractivity contribution in [2.45, 2.75) is 43.2 Å². The van der Waals surface area contributed by atoms with E-state index in [4.69, 9.17) is 4.74 Å². The molecule has 1 amide bonds. The molecule has 2 aliphatic rings. The zero-order valence-electron chi connectivity index (χ0n) is 15.5. The maximum Gasteiger partial charge on any atom is 0.410 e. The number of ether oxygens (including phenoxy) is 1. The van der Waals surface area contributed by atoms with Crippen molar-refractivity contribution in [3.8, 4) is 0 Å². The van der Waals surface area contributed by atoms with Gasteiger partial charge in [-0.25, -0.2) is 13.2 Å². The molecule has 0 bridgehead atoms. The fourth-order valence-electron chi connectivity index (χ4n) is 4.03. The standard InChI is InChI=1S/C19H23N3O4S/c1-19(2)13-26-18(23)22(19)15-8-11-21(12-9-15)27(24,25)16-7-3-5-14-6-4-10-20-17(14)16/h3-7,10,15H,8-9,11-13H2,1-2H3. The number of fused-ring (bicyclic) bond motifs is 1. The van der Waals surface area contributed by atoms with E-state index in [1.54, 1.807) is 29.3 Å². The summed E-state index contributed by atoms with van der Waals surface area (Å²) in [7, 11) is -3.64. The third-order valence-electron chi connectivity index (χ3n) is 5.40. The van der Waals surface area contributed by atoms with Crippen LogP contribution >= 0.6 is 0 Å². The molecular formula is C19H23N3O4S. The Morgan fingerprint density at radius 2 is 1.85 bits per heavy atom. The van der Waals surface area contributed by atoms with E-state index >= 15 is 0 Å². The predicted octanol–water partition coefficient (Wildman–Crippen LogP) is 2.62. The van der Waals surface area contributed by atoms with E-state index in [1.807, 2.05) is 26.0 Å². The van der Waals surface area contributed by atoms with Crippen molar-refractivity contribution in [3.63, 3.8) is 0 Å². The van der Waals surface area contributed by atoms with Crippen LogP contribution in [0.15, 0.2) is 41.4 Å². The molecule has 7 nitrogen and oxygen atoms in total. The van der Waals surface area contributed by atoms with Crippen LogP contribution in [0.3, 0.4) is 0 Å². The molecule has 2 aromatic rings. The average Bonchev–Trinajstić information content (AvgIpc) is 2.94. The number of cyclic esters (lactones) is 1. The van der Waals surface area contributed by atoms with Gasteiger partial charge in [-0.3, -0.25) is 9.88 Å². The Kier molecular flexibility index (Phi) is 4.35. The highest BCUT2D eigenvalue weighted by atomic mass is 32.2. The van der Waals surface area contributed by atoms with Crippen LogP contribution in [0.1, 0.15) is 26.7 Å². The molecule has 0 N–H and O–H groups in total. The highest BCUT2D eigenvalue weighted by molar-refractivity contribution is 7.89. The fraction of sp³-hybridized carbons (Fsp3) is 0.474.